The molecule has 45 heavy (non-hydrogen) atoms. The van der Waals surface area contributed by atoms with E-state index in [1.54, 1.807) is 0 Å². The molecule has 0 fully saturated rings. The average Bonchev–Trinajstić information content (AvgIpc) is 3.00. The van der Waals surface area contributed by atoms with Crippen molar-refractivity contribution in [1.82, 2.24) is 0 Å². The van der Waals surface area contributed by atoms with Crippen LogP contribution in [0.5, 0.6) is 0 Å². The van der Waals surface area contributed by atoms with Crippen molar-refractivity contribution in [1.29, 1.82) is 0 Å². The molecule has 0 aliphatic rings. The molecule has 0 saturated heterocycles. The molecule has 266 valence electrons. The average molecular weight is 661 g/mol. The minimum atomic E-state index is -4.74. The molecule has 0 aliphatic heterocycles. The fraction of sp³-hybridized carbons (Fsp3) is 0.889. The first kappa shape index (κ1) is 43.8. The van der Waals surface area contributed by atoms with Crippen LogP contribution in [0.1, 0.15) is 187 Å². The molecule has 0 spiro atoms. The highest BCUT2D eigenvalue weighted by Crippen LogP contribution is 2.36. The second-order valence-electron chi connectivity index (χ2n) is 12.6. The summed E-state index contributed by atoms with van der Waals surface area (Å²) in [5, 5.41) is 0. The van der Waals surface area contributed by atoms with Gasteiger partial charge in [-0.2, -0.15) is 0 Å². The van der Waals surface area contributed by atoms with Crippen LogP contribution in [-0.4, -0.2) is 41.0 Å². The van der Waals surface area contributed by atoms with Gasteiger partial charge in [0, 0.05) is 12.8 Å². The molecule has 0 aromatic rings. The van der Waals surface area contributed by atoms with Crippen molar-refractivity contribution in [2.24, 2.45) is 0 Å². The Labute approximate surface area is 276 Å². The van der Waals surface area contributed by atoms with Crippen LogP contribution in [0.25, 0.3) is 0 Å². The Morgan fingerprint density at radius 2 is 0.933 bits per heavy atom. The van der Waals surface area contributed by atoms with E-state index in [1.165, 1.54) is 116 Å². The molecule has 9 heteroatoms. The molecular weight excluding hydrogens is 591 g/mol. The maximum atomic E-state index is 12.2. The lowest BCUT2D eigenvalue weighted by molar-refractivity contribution is -0.161. The van der Waals surface area contributed by atoms with E-state index < -0.39 is 32.5 Å². The van der Waals surface area contributed by atoms with E-state index in [4.69, 9.17) is 19.3 Å². The fourth-order valence-electron chi connectivity index (χ4n) is 5.25. The smallest absolute Gasteiger partial charge is 0.462 e. The summed E-state index contributed by atoms with van der Waals surface area (Å²) in [5.41, 5.74) is 0. The predicted molar refractivity (Wildman–Crippen MR) is 184 cm³/mol. The van der Waals surface area contributed by atoms with E-state index in [0.717, 1.165) is 38.5 Å². The Bertz CT molecular complexity index is 751. The second-order valence-corrected chi connectivity index (χ2v) is 13.8. The van der Waals surface area contributed by atoms with Crippen molar-refractivity contribution in [3.63, 3.8) is 0 Å². The lowest BCUT2D eigenvalue weighted by Crippen LogP contribution is -2.29. The Balaban J connectivity index is 3.85. The van der Waals surface area contributed by atoms with Gasteiger partial charge in [0.2, 0.25) is 0 Å². The topological polar surface area (TPSA) is 119 Å². The van der Waals surface area contributed by atoms with Crippen LogP contribution in [0.4, 0.5) is 0 Å². The van der Waals surface area contributed by atoms with E-state index >= 15 is 0 Å². The number of esters is 2. The number of phosphoric acid groups is 1. The zero-order valence-corrected chi connectivity index (χ0v) is 29.9. The van der Waals surface area contributed by atoms with Crippen molar-refractivity contribution < 1.29 is 37.9 Å². The largest absolute Gasteiger partial charge is 0.469 e. The van der Waals surface area contributed by atoms with E-state index in [9.17, 15) is 14.2 Å². The van der Waals surface area contributed by atoms with Crippen LogP contribution in [-0.2, 0) is 28.2 Å². The lowest BCUT2D eigenvalue weighted by atomic mass is 10.1. The van der Waals surface area contributed by atoms with Gasteiger partial charge in [0.05, 0.1) is 6.61 Å². The SMILES string of the molecule is CCCCCCCC/C=C/CCCCCCCCCCCC(=O)OC[C@H](COP(=O)(O)O)OC(=O)CCCCCCCCCC. The molecule has 0 bridgehead atoms. The van der Waals surface area contributed by atoms with E-state index in [-0.39, 0.29) is 19.4 Å². The normalized spacial score (nSPS) is 12.5. The highest BCUT2D eigenvalue weighted by Gasteiger charge is 2.22. The molecule has 2 N–H and O–H groups in total. The van der Waals surface area contributed by atoms with Gasteiger partial charge >= 0.3 is 19.8 Å². The molecule has 8 nitrogen and oxygen atoms in total. The Morgan fingerprint density at radius 1 is 0.556 bits per heavy atom. The van der Waals surface area contributed by atoms with Gasteiger partial charge in [0.25, 0.3) is 0 Å². The number of ether oxygens (including phenoxy) is 2. The molecule has 0 rings (SSSR count). The van der Waals surface area contributed by atoms with Crippen molar-refractivity contribution >= 4 is 19.8 Å². The number of rotatable bonds is 34. The molecule has 0 radical (unpaired) electrons. The van der Waals surface area contributed by atoms with E-state index in [2.05, 4.69) is 30.5 Å². The van der Waals surface area contributed by atoms with Gasteiger partial charge in [0.1, 0.15) is 6.61 Å². The standard InChI is InChI=1S/C36H69O8P/c1-3-5-7-9-11-13-14-15-16-17-18-19-20-21-22-23-25-26-28-30-35(37)42-32-34(33-43-45(39,40)41)44-36(38)31-29-27-24-12-10-8-6-4-2/h15-16,34H,3-14,17-33H2,1-2H3,(H2,39,40,41)/b16-15+/t34-/m1/s1. The zero-order valence-electron chi connectivity index (χ0n) is 29.0. The number of phosphoric ester groups is 1. The van der Waals surface area contributed by atoms with Gasteiger partial charge in [-0.25, -0.2) is 4.57 Å². The van der Waals surface area contributed by atoms with Gasteiger partial charge in [-0.3, -0.25) is 14.1 Å². The minimum Gasteiger partial charge on any atom is -0.462 e. The Morgan fingerprint density at radius 3 is 1.36 bits per heavy atom. The molecule has 0 saturated carbocycles. The lowest BCUT2D eigenvalue weighted by Gasteiger charge is -2.18. The summed E-state index contributed by atoms with van der Waals surface area (Å²) in [5.74, 6) is -0.886. The van der Waals surface area contributed by atoms with Gasteiger partial charge in [-0.05, 0) is 38.5 Å². The van der Waals surface area contributed by atoms with Gasteiger partial charge in [0.15, 0.2) is 6.10 Å². The highest BCUT2D eigenvalue weighted by atomic mass is 31.2. The summed E-state index contributed by atoms with van der Waals surface area (Å²) < 4.78 is 26.2. The molecular formula is C36H69O8P. The number of allylic oxidation sites excluding steroid dienone is 2. The molecule has 0 aliphatic carbocycles. The van der Waals surface area contributed by atoms with Crippen molar-refractivity contribution in [3.8, 4) is 0 Å². The first-order valence-corrected chi connectivity index (χ1v) is 20.0. The van der Waals surface area contributed by atoms with Crippen LogP contribution in [0.15, 0.2) is 12.2 Å². The van der Waals surface area contributed by atoms with Crippen LogP contribution in [0.2, 0.25) is 0 Å². The van der Waals surface area contributed by atoms with Crippen LogP contribution >= 0.6 is 7.82 Å². The minimum absolute atomic E-state index is 0.214. The van der Waals surface area contributed by atoms with Crippen LogP contribution < -0.4 is 0 Å². The van der Waals surface area contributed by atoms with Gasteiger partial charge < -0.3 is 19.3 Å². The summed E-state index contributed by atoms with van der Waals surface area (Å²) in [6, 6.07) is 0. The van der Waals surface area contributed by atoms with E-state index in [1.807, 2.05) is 0 Å². The first-order valence-electron chi connectivity index (χ1n) is 18.5. The summed E-state index contributed by atoms with van der Waals surface area (Å²) in [4.78, 5) is 42.5. The summed E-state index contributed by atoms with van der Waals surface area (Å²) in [7, 11) is -4.74. The molecule has 0 aromatic carbocycles. The fourth-order valence-corrected chi connectivity index (χ4v) is 5.61. The predicted octanol–water partition coefficient (Wildman–Crippen LogP) is 10.7. The van der Waals surface area contributed by atoms with Crippen LogP contribution in [0, 0.1) is 0 Å². The van der Waals surface area contributed by atoms with Crippen molar-refractivity contribution in [2.75, 3.05) is 13.2 Å². The Hall–Kier alpha value is -1.21. The summed E-state index contributed by atoms with van der Waals surface area (Å²) in [6.45, 7) is 3.63. The summed E-state index contributed by atoms with van der Waals surface area (Å²) in [6.07, 6.45) is 33.8. The molecule has 0 amide bonds. The van der Waals surface area contributed by atoms with Gasteiger partial charge in [-0.1, -0.05) is 148 Å². The zero-order chi connectivity index (χ0) is 33.3. The second kappa shape index (κ2) is 32.7. The third kappa shape index (κ3) is 35.5. The molecule has 0 heterocycles. The monoisotopic (exact) mass is 660 g/mol. The number of carbonyl (C=O) groups is 2. The highest BCUT2D eigenvalue weighted by molar-refractivity contribution is 7.46. The third-order valence-corrected chi connectivity index (χ3v) is 8.52. The van der Waals surface area contributed by atoms with E-state index in [0.29, 0.717) is 6.42 Å². The molecule has 0 unspecified atom stereocenters. The first-order chi connectivity index (χ1) is 21.8. The third-order valence-electron chi connectivity index (χ3n) is 8.03. The van der Waals surface area contributed by atoms with Gasteiger partial charge in [-0.15, -0.1) is 0 Å². The maximum absolute atomic E-state index is 12.2. The number of unbranched alkanes of at least 4 members (excludes halogenated alkanes) is 22. The van der Waals surface area contributed by atoms with Crippen LogP contribution in [0.3, 0.4) is 0 Å². The van der Waals surface area contributed by atoms with Crippen molar-refractivity contribution in [2.45, 2.75) is 193 Å². The number of hydrogen-bond donors (Lipinski definition) is 2. The quantitative estimate of drug-likeness (QED) is 0.0303. The number of carbonyl (C=O) groups excluding carboxylic acids is 2. The van der Waals surface area contributed by atoms with Crippen molar-refractivity contribution in [3.05, 3.63) is 12.2 Å². The molecule has 1 atom stereocenters. The number of hydrogen-bond acceptors (Lipinski definition) is 6. The molecule has 0 aromatic heterocycles. The maximum Gasteiger partial charge on any atom is 0.469 e. The Kier molecular flexibility index (Phi) is 31.8. The summed E-state index contributed by atoms with van der Waals surface area (Å²) >= 11 is 0.